The first-order valence-electron chi connectivity index (χ1n) is 9.19. The molecule has 1 aliphatic rings. The van der Waals surface area contributed by atoms with E-state index < -0.39 is 11.8 Å². The molecule has 0 aliphatic carbocycles. The Labute approximate surface area is 179 Å². The highest BCUT2D eigenvalue weighted by molar-refractivity contribution is 9.10. The molecule has 2 heterocycles. The molecule has 3 aromatic rings. The number of carbonyl (C=O) groups is 1. The molecule has 1 saturated heterocycles. The minimum absolute atomic E-state index is 0.0568. The summed E-state index contributed by atoms with van der Waals surface area (Å²) in [4.78, 5) is 15.8. The molecule has 2 N–H and O–H groups in total. The molecule has 0 amide bonds. The van der Waals surface area contributed by atoms with E-state index in [0.29, 0.717) is 35.3 Å². The maximum atomic E-state index is 14.6. The number of anilines is 2. The molecule has 1 aliphatic heterocycles. The third-order valence-corrected chi connectivity index (χ3v) is 5.70. The van der Waals surface area contributed by atoms with Crippen molar-refractivity contribution >= 4 is 56.2 Å². The Morgan fingerprint density at radius 2 is 2.21 bits per heavy atom. The third-order valence-electron chi connectivity index (χ3n) is 4.89. The quantitative estimate of drug-likeness (QED) is 0.495. The van der Waals surface area contributed by atoms with Crippen LogP contribution < -0.4 is 5.32 Å². The Bertz CT molecular complexity index is 1080. The van der Waals surface area contributed by atoms with Gasteiger partial charge in [-0.15, -0.1) is 0 Å². The maximum absolute atomic E-state index is 14.6. The molecule has 2 aromatic carbocycles. The highest BCUT2D eigenvalue weighted by Crippen LogP contribution is 2.32. The number of rotatable bonds is 5. The first-order chi connectivity index (χ1) is 13.9. The van der Waals surface area contributed by atoms with Crippen molar-refractivity contribution in [1.82, 2.24) is 9.55 Å². The number of hydrogen-bond acceptors (Lipinski definition) is 4. The number of imidazole rings is 1. The van der Waals surface area contributed by atoms with Crippen LogP contribution in [-0.2, 0) is 11.3 Å². The van der Waals surface area contributed by atoms with Crippen molar-refractivity contribution in [3.8, 4) is 0 Å². The Kier molecular flexibility index (Phi) is 5.76. The van der Waals surface area contributed by atoms with Gasteiger partial charge in [-0.3, -0.25) is 0 Å². The summed E-state index contributed by atoms with van der Waals surface area (Å²) in [5.74, 6) is -1.51. The van der Waals surface area contributed by atoms with E-state index >= 15 is 0 Å². The van der Waals surface area contributed by atoms with Gasteiger partial charge in [-0.1, -0.05) is 27.5 Å². The van der Waals surface area contributed by atoms with Gasteiger partial charge in [0.25, 0.3) is 0 Å². The summed E-state index contributed by atoms with van der Waals surface area (Å²) in [7, 11) is 0. The summed E-state index contributed by atoms with van der Waals surface area (Å²) >= 11 is 9.68. The zero-order chi connectivity index (χ0) is 20.5. The van der Waals surface area contributed by atoms with Gasteiger partial charge < -0.3 is 19.7 Å². The van der Waals surface area contributed by atoms with Crippen LogP contribution in [-0.4, -0.2) is 33.3 Å². The monoisotopic (exact) mass is 481 g/mol. The molecule has 1 aromatic heterocycles. The Hall–Kier alpha value is -2.16. The van der Waals surface area contributed by atoms with Gasteiger partial charge in [0.15, 0.2) is 5.82 Å². The van der Waals surface area contributed by atoms with Gasteiger partial charge in [0.05, 0.1) is 34.4 Å². The van der Waals surface area contributed by atoms with E-state index in [0.717, 1.165) is 29.8 Å². The molecule has 29 heavy (non-hydrogen) atoms. The second-order valence-electron chi connectivity index (χ2n) is 6.91. The fourth-order valence-electron chi connectivity index (χ4n) is 3.45. The number of carboxylic acids is 1. The highest BCUT2D eigenvalue weighted by atomic mass is 79.9. The highest BCUT2D eigenvalue weighted by Gasteiger charge is 2.22. The van der Waals surface area contributed by atoms with E-state index in [4.69, 9.17) is 16.3 Å². The van der Waals surface area contributed by atoms with Gasteiger partial charge in [0.2, 0.25) is 5.95 Å². The Morgan fingerprint density at radius 3 is 2.90 bits per heavy atom. The van der Waals surface area contributed by atoms with Gasteiger partial charge in [0.1, 0.15) is 5.52 Å². The van der Waals surface area contributed by atoms with E-state index in [2.05, 4.69) is 26.2 Å². The summed E-state index contributed by atoms with van der Waals surface area (Å²) in [5.41, 5.74) is 0.970. The van der Waals surface area contributed by atoms with Crippen LogP contribution in [0.15, 0.2) is 34.8 Å². The molecular formula is C20H18BrClFN3O3. The van der Waals surface area contributed by atoms with Gasteiger partial charge >= 0.3 is 5.97 Å². The molecule has 1 fully saturated rings. The first kappa shape index (κ1) is 20.1. The number of ether oxygens (including phenoxy) is 1. The Morgan fingerprint density at radius 1 is 1.38 bits per heavy atom. The zero-order valence-corrected chi connectivity index (χ0v) is 17.6. The summed E-state index contributed by atoms with van der Waals surface area (Å²) in [5, 5.41) is 13.0. The minimum atomic E-state index is -1.20. The summed E-state index contributed by atoms with van der Waals surface area (Å²) in [6.45, 7) is 1.10. The molecule has 4 rings (SSSR count). The van der Waals surface area contributed by atoms with Crippen molar-refractivity contribution in [2.24, 2.45) is 0 Å². The van der Waals surface area contributed by atoms with E-state index in [1.54, 1.807) is 16.7 Å². The van der Waals surface area contributed by atoms with Crippen LogP contribution >= 0.6 is 27.5 Å². The van der Waals surface area contributed by atoms with Gasteiger partial charge in [0, 0.05) is 11.1 Å². The standard InChI is InChI=1S/C20H18BrClFN3O3/c21-12-4-5-16(14(22)9-12)24-20-25-18-15(23)7-11(19(27)28)8-17(18)26(20)10-13-3-1-2-6-29-13/h4-5,7-9,13H,1-3,6,10H2,(H,24,25)(H,27,28). The number of nitrogens with one attached hydrogen (secondary N) is 1. The number of fused-ring (bicyclic) bond motifs is 1. The number of aromatic carboxylic acids is 1. The number of aromatic nitrogens is 2. The van der Waals surface area contributed by atoms with Crippen molar-refractivity contribution in [3.63, 3.8) is 0 Å². The van der Waals surface area contributed by atoms with E-state index in [1.807, 2.05) is 6.07 Å². The molecule has 0 bridgehead atoms. The number of benzene rings is 2. The second kappa shape index (κ2) is 8.30. The Balaban J connectivity index is 1.81. The van der Waals surface area contributed by atoms with Crippen molar-refractivity contribution in [1.29, 1.82) is 0 Å². The molecule has 0 radical (unpaired) electrons. The lowest BCUT2D eigenvalue weighted by atomic mass is 10.1. The summed E-state index contributed by atoms with van der Waals surface area (Å²) in [6, 6.07) is 7.77. The van der Waals surface area contributed by atoms with Crippen LogP contribution in [0.5, 0.6) is 0 Å². The predicted octanol–water partition coefficient (Wildman–Crippen LogP) is 5.60. The minimum Gasteiger partial charge on any atom is -0.478 e. The topological polar surface area (TPSA) is 76.4 Å². The largest absolute Gasteiger partial charge is 0.478 e. The fraction of sp³-hybridized carbons (Fsp3) is 0.300. The van der Waals surface area contributed by atoms with Crippen molar-refractivity contribution in [2.45, 2.75) is 31.9 Å². The molecule has 1 unspecified atom stereocenters. The van der Waals surface area contributed by atoms with Crippen LogP contribution in [0.4, 0.5) is 16.0 Å². The van der Waals surface area contributed by atoms with Crippen LogP contribution in [0.1, 0.15) is 29.6 Å². The summed E-state index contributed by atoms with van der Waals surface area (Å²) < 4.78 is 23.0. The van der Waals surface area contributed by atoms with E-state index in [-0.39, 0.29) is 17.2 Å². The van der Waals surface area contributed by atoms with Gasteiger partial charge in [-0.25, -0.2) is 14.2 Å². The number of halogens is 3. The third kappa shape index (κ3) is 4.24. The van der Waals surface area contributed by atoms with Crippen LogP contribution in [0, 0.1) is 5.82 Å². The van der Waals surface area contributed by atoms with Gasteiger partial charge in [-0.2, -0.15) is 0 Å². The second-order valence-corrected chi connectivity index (χ2v) is 8.24. The number of carboxylic acid groups (broad SMARTS) is 1. The predicted molar refractivity (Wildman–Crippen MR) is 113 cm³/mol. The number of hydrogen-bond donors (Lipinski definition) is 2. The first-order valence-corrected chi connectivity index (χ1v) is 10.4. The van der Waals surface area contributed by atoms with E-state index in [1.165, 1.54) is 6.07 Å². The SMILES string of the molecule is O=C(O)c1cc(F)c2nc(Nc3ccc(Br)cc3Cl)n(CC3CCCCO3)c2c1. The lowest BCUT2D eigenvalue weighted by molar-refractivity contribution is 0.00693. The van der Waals surface area contributed by atoms with Crippen LogP contribution in [0.3, 0.4) is 0 Å². The average Bonchev–Trinajstić information content (AvgIpc) is 3.03. The normalized spacial score (nSPS) is 16.9. The zero-order valence-electron chi connectivity index (χ0n) is 15.3. The molecule has 9 heteroatoms. The lowest BCUT2D eigenvalue weighted by Gasteiger charge is -2.24. The van der Waals surface area contributed by atoms with Crippen LogP contribution in [0.2, 0.25) is 5.02 Å². The smallest absolute Gasteiger partial charge is 0.335 e. The maximum Gasteiger partial charge on any atom is 0.335 e. The molecule has 6 nitrogen and oxygen atoms in total. The molecule has 0 saturated carbocycles. The number of nitrogens with zero attached hydrogens (tertiary/aromatic N) is 2. The molecule has 152 valence electrons. The van der Waals surface area contributed by atoms with Crippen molar-refractivity contribution in [2.75, 3.05) is 11.9 Å². The summed E-state index contributed by atoms with van der Waals surface area (Å²) in [6.07, 6.45) is 2.88. The molecular weight excluding hydrogens is 465 g/mol. The fourth-order valence-corrected chi connectivity index (χ4v) is 4.17. The van der Waals surface area contributed by atoms with Crippen LogP contribution in [0.25, 0.3) is 11.0 Å². The van der Waals surface area contributed by atoms with Crippen molar-refractivity contribution in [3.05, 3.63) is 51.2 Å². The molecule has 0 spiro atoms. The molecule has 1 atom stereocenters. The van der Waals surface area contributed by atoms with Crippen molar-refractivity contribution < 1.29 is 19.0 Å². The average molecular weight is 483 g/mol. The van der Waals surface area contributed by atoms with E-state index in [9.17, 15) is 14.3 Å². The van der Waals surface area contributed by atoms with Gasteiger partial charge in [-0.05, 0) is 49.6 Å². The lowest BCUT2D eigenvalue weighted by Crippen LogP contribution is -2.25.